The van der Waals surface area contributed by atoms with Crippen LogP contribution >= 0.6 is 11.6 Å². The van der Waals surface area contributed by atoms with Gasteiger partial charge in [-0.1, -0.05) is 42.3 Å². The number of benzene rings is 2. The molecule has 7 heteroatoms. The first-order valence-corrected chi connectivity index (χ1v) is 11.2. The van der Waals surface area contributed by atoms with Crippen LogP contribution in [0.5, 0.6) is 5.88 Å². The van der Waals surface area contributed by atoms with Gasteiger partial charge in [-0.15, -0.1) is 5.10 Å². The molecule has 1 aliphatic rings. The summed E-state index contributed by atoms with van der Waals surface area (Å²) in [6.07, 6.45) is 3.89. The summed E-state index contributed by atoms with van der Waals surface area (Å²) >= 11 is 6.00. The Hall–Kier alpha value is -2.57. The molecule has 0 saturated carbocycles. The summed E-state index contributed by atoms with van der Waals surface area (Å²) in [7, 11) is 1.46. The van der Waals surface area contributed by atoms with Crippen LogP contribution in [0.4, 0.5) is 0 Å². The van der Waals surface area contributed by atoms with Crippen LogP contribution in [-0.2, 0) is 16.1 Å². The Morgan fingerprint density at radius 3 is 2.77 bits per heavy atom. The van der Waals surface area contributed by atoms with Gasteiger partial charge in [-0.05, 0) is 55.6 Å². The molecule has 31 heavy (non-hydrogen) atoms. The zero-order chi connectivity index (χ0) is 21.6. The van der Waals surface area contributed by atoms with Crippen molar-refractivity contribution in [1.29, 1.82) is 0 Å². The maximum absolute atomic E-state index is 12.0. The number of methoxy groups -OCH3 is 1. The molecule has 4 rings (SSSR count). The Balaban J connectivity index is 1.39. The standard InChI is InChI=1S/C24H28ClN3O3/c1-30-24(29)22-9-4-5-14-27(22)15-6-16-31-23-20-7-2-3-8-21(20)28(26-23)17-18-10-12-19(25)13-11-18/h2-3,7-8,10-13,22H,4-6,9,14-17H2,1H3. The molecule has 1 saturated heterocycles. The zero-order valence-corrected chi connectivity index (χ0v) is 18.6. The number of likely N-dealkylation sites (tertiary alicyclic amines) is 1. The first-order chi connectivity index (χ1) is 15.2. The van der Waals surface area contributed by atoms with E-state index in [4.69, 9.17) is 26.2 Å². The second-order valence-electron chi connectivity index (χ2n) is 7.88. The van der Waals surface area contributed by atoms with Gasteiger partial charge in [0.25, 0.3) is 0 Å². The number of hydrogen-bond donors (Lipinski definition) is 0. The average molecular weight is 442 g/mol. The van der Waals surface area contributed by atoms with E-state index in [-0.39, 0.29) is 12.0 Å². The normalized spacial score (nSPS) is 17.0. The van der Waals surface area contributed by atoms with Crippen molar-refractivity contribution in [2.24, 2.45) is 0 Å². The fraction of sp³-hybridized carbons (Fsp3) is 0.417. The summed E-state index contributed by atoms with van der Waals surface area (Å²) in [5, 5.41) is 6.45. The minimum Gasteiger partial charge on any atom is -0.476 e. The highest BCUT2D eigenvalue weighted by Crippen LogP contribution is 2.26. The molecule has 0 N–H and O–H groups in total. The van der Waals surface area contributed by atoms with Crippen LogP contribution in [0.1, 0.15) is 31.2 Å². The van der Waals surface area contributed by atoms with E-state index < -0.39 is 0 Å². The minimum atomic E-state index is -0.132. The number of fused-ring (bicyclic) bond motifs is 1. The van der Waals surface area contributed by atoms with Crippen LogP contribution < -0.4 is 4.74 Å². The van der Waals surface area contributed by atoms with E-state index in [1.807, 2.05) is 47.1 Å². The van der Waals surface area contributed by atoms with Crippen LogP contribution in [0, 0.1) is 0 Å². The number of nitrogens with zero attached hydrogens (tertiary/aromatic N) is 3. The number of halogens is 1. The molecule has 164 valence electrons. The van der Waals surface area contributed by atoms with E-state index in [1.165, 1.54) is 7.11 Å². The van der Waals surface area contributed by atoms with Gasteiger partial charge in [0.1, 0.15) is 6.04 Å². The first kappa shape index (κ1) is 21.7. The fourth-order valence-electron chi connectivity index (χ4n) is 4.18. The minimum absolute atomic E-state index is 0.127. The highest BCUT2D eigenvalue weighted by Gasteiger charge is 2.28. The van der Waals surface area contributed by atoms with Gasteiger partial charge in [0.05, 0.1) is 31.2 Å². The summed E-state index contributed by atoms with van der Waals surface area (Å²) < 4.78 is 13.0. The van der Waals surface area contributed by atoms with Crippen molar-refractivity contribution in [3.8, 4) is 5.88 Å². The molecule has 0 bridgehead atoms. The Morgan fingerprint density at radius 1 is 1.16 bits per heavy atom. The topological polar surface area (TPSA) is 56.6 Å². The third kappa shape index (κ3) is 5.20. The summed E-state index contributed by atoms with van der Waals surface area (Å²) in [6, 6.07) is 15.8. The van der Waals surface area contributed by atoms with Crippen molar-refractivity contribution >= 4 is 28.5 Å². The highest BCUT2D eigenvalue weighted by atomic mass is 35.5. The number of hydrogen-bond acceptors (Lipinski definition) is 5. The van der Waals surface area contributed by atoms with Crippen molar-refractivity contribution in [1.82, 2.24) is 14.7 Å². The number of carbonyl (C=O) groups excluding carboxylic acids is 1. The third-order valence-electron chi connectivity index (χ3n) is 5.79. The maximum atomic E-state index is 12.0. The number of rotatable bonds is 8. The van der Waals surface area contributed by atoms with E-state index in [1.54, 1.807) is 0 Å². The summed E-state index contributed by atoms with van der Waals surface area (Å²) in [6.45, 7) is 2.93. The molecule has 2 heterocycles. The van der Waals surface area contributed by atoms with Gasteiger partial charge >= 0.3 is 5.97 Å². The number of carbonyl (C=O) groups is 1. The molecule has 0 radical (unpaired) electrons. The van der Waals surface area contributed by atoms with E-state index in [0.29, 0.717) is 19.0 Å². The molecule has 0 aliphatic carbocycles. The summed E-state index contributed by atoms with van der Waals surface area (Å²) in [4.78, 5) is 14.3. The maximum Gasteiger partial charge on any atom is 0.323 e. The van der Waals surface area contributed by atoms with E-state index in [0.717, 1.165) is 60.3 Å². The number of ether oxygens (including phenoxy) is 2. The zero-order valence-electron chi connectivity index (χ0n) is 17.8. The molecule has 1 atom stereocenters. The van der Waals surface area contributed by atoms with Crippen LogP contribution in [0.25, 0.3) is 10.9 Å². The second kappa shape index (κ2) is 10.2. The third-order valence-corrected chi connectivity index (χ3v) is 6.04. The molecule has 1 fully saturated rings. The van der Waals surface area contributed by atoms with E-state index in [2.05, 4.69) is 11.0 Å². The molecule has 1 unspecified atom stereocenters. The summed E-state index contributed by atoms with van der Waals surface area (Å²) in [5.74, 6) is 0.514. The van der Waals surface area contributed by atoms with Crippen LogP contribution in [0.15, 0.2) is 48.5 Å². The van der Waals surface area contributed by atoms with Crippen molar-refractivity contribution in [2.45, 2.75) is 38.3 Å². The highest BCUT2D eigenvalue weighted by molar-refractivity contribution is 6.30. The lowest BCUT2D eigenvalue weighted by Gasteiger charge is -2.33. The number of piperidine rings is 1. The quantitative estimate of drug-likeness (QED) is 0.379. The van der Waals surface area contributed by atoms with Crippen molar-refractivity contribution in [3.05, 3.63) is 59.1 Å². The lowest BCUT2D eigenvalue weighted by atomic mass is 10.0. The monoisotopic (exact) mass is 441 g/mol. The van der Waals surface area contributed by atoms with E-state index >= 15 is 0 Å². The Bertz CT molecular complexity index is 1020. The molecule has 1 aliphatic heterocycles. The van der Waals surface area contributed by atoms with Gasteiger partial charge in [0, 0.05) is 11.6 Å². The van der Waals surface area contributed by atoms with Gasteiger partial charge in [0.15, 0.2) is 0 Å². The molecule has 3 aromatic rings. The Labute approximate surface area is 187 Å². The molecule has 0 spiro atoms. The molecular formula is C24H28ClN3O3. The molecular weight excluding hydrogens is 414 g/mol. The average Bonchev–Trinajstić information content (AvgIpc) is 3.15. The Morgan fingerprint density at radius 2 is 1.97 bits per heavy atom. The predicted molar refractivity (Wildman–Crippen MR) is 122 cm³/mol. The largest absolute Gasteiger partial charge is 0.476 e. The van der Waals surface area contributed by atoms with Crippen molar-refractivity contribution in [2.75, 3.05) is 26.8 Å². The Kier molecular flexibility index (Phi) is 7.10. The second-order valence-corrected chi connectivity index (χ2v) is 8.32. The van der Waals surface area contributed by atoms with E-state index in [9.17, 15) is 4.79 Å². The molecule has 0 amide bonds. The lowest BCUT2D eigenvalue weighted by molar-refractivity contribution is -0.148. The molecule has 6 nitrogen and oxygen atoms in total. The van der Waals surface area contributed by atoms with Gasteiger partial charge in [0.2, 0.25) is 5.88 Å². The number of aromatic nitrogens is 2. The summed E-state index contributed by atoms with van der Waals surface area (Å²) in [5.41, 5.74) is 2.16. The van der Waals surface area contributed by atoms with Gasteiger partial charge in [-0.2, -0.15) is 0 Å². The smallest absolute Gasteiger partial charge is 0.323 e. The fourth-order valence-corrected chi connectivity index (χ4v) is 4.31. The van der Waals surface area contributed by atoms with Gasteiger partial charge in [-0.25, -0.2) is 0 Å². The number of para-hydroxylation sites is 1. The number of esters is 1. The van der Waals surface area contributed by atoms with Crippen molar-refractivity contribution < 1.29 is 14.3 Å². The molecule has 1 aromatic heterocycles. The van der Waals surface area contributed by atoms with Gasteiger partial charge < -0.3 is 9.47 Å². The van der Waals surface area contributed by atoms with Crippen LogP contribution in [0.3, 0.4) is 0 Å². The predicted octanol–water partition coefficient (Wildman–Crippen LogP) is 4.53. The van der Waals surface area contributed by atoms with Gasteiger partial charge in [-0.3, -0.25) is 14.4 Å². The lowest BCUT2D eigenvalue weighted by Crippen LogP contribution is -2.45. The SMILES string of the molecule is COC(=O)C1CCCCN1CCCOc1nn(Cc2ccc(Cl)cc2)c2ccccc12. The first-order valence-electron chi connectivity index (χ1n) is 10.8. The van der Waals surface area contributed by atoms with Crippen LogP contribution in [-0.4, -0.2) is 53.5 Å². The molecule has 2 aromatic carbocycles. The van der Waals surface area contributed by atoms with Crippen LogP contribution in [0.2, 0.25) is 5.02 Å². The van der Waals surface area contributed by atoms with Crippen molar-refractivity contribution in [3.63, 3.8) is 0 Å².